The van der Waals surface area contributed by atoms with Gasteiger partial charge in [-0.3, -0.25) is 10.1 Å². The molecule has 0 heterocycles. The van der Waals surface area contributed by atoms with Gasteiger partial charge in [-0.2, -0.15) is 17.6 Å². The topological polar surface area (TPSA) is 52.4 Å². The molecule has 0 aliphatic carbocycles. The Morgan fingerprint density at radius 2 is 1.93 bits per heavy atom. The highest BCUT2D eigenvalue weighted by atomic mass is 19.3. The number of nitro groups is 1. The first-order chi connectivity index (χ1) is 6.93. The molecule has 1 rings (SSSR count). The van der Waals surface area contributed by atoms with E-state index in [0.717, 1.165) is 0 Å². The van der Waals surface area contributed by atoms with Crippen molar-refractivity contribution in [1.29, 1.82) is 0 Å². The van der Waals surface area contributed by atoms with Crippen LogP contribution in [0.5, 0.6) is 5.75 Å². The fourth-order valence-electron chi connectivity index (χ4n) is 0.877. The Balaban J connectivity index is 3.22. The summed E-state index contributed by atoms with van der Waals surface area (Å²) in [7, 11) is 0. The quantitative estimate of drug-likeness (QED) is 0.451. The molecule has 0 spiro atoms. The molecule has 0 amide bonds. The van der Waals surface area contributed by atoms with Crippen molar-refractivity contribution < 1.29 is 27.2 Å². The first-order valence-electron chi connectivity index (χ1n) is 3.50. The highest BCUT2D eigenvalue weighted by Crippen LogP contribution is 2.29. The van der Waals surface area contributed by atoms with Crippen molar-refractivity contribution in [2.75, 3.05) is 0 Å². The van der Waals surface area contributed by atoms with Crippen LogP contribution in [0.4, 0.5) is 23.2 Å². The van der Waals surface area contributed by atoms with Gasteiger partial charge in [0.15, 0.2) is 5.75 Å². The molecule has 82 valence electrons. The van der Waals surface area contributed by atoms with Crippen LogP contribution < -0.4 is 4.74 Å². The lowest BCUT2D eigenvalue weighted by molar-refractivity contribution is -0.390. The fraction of sp³-hybridized carbons (Fsp3) is 0.143. The van der Waals surface area contributed by atoms with Crippen molar-refractivity contribution in [2.24, 2.45) is 0 Å². The summed E-state index contributed by atoms with van der Waals surface area (Å²) < 4.78 is 52.7. The van der Waals surface area contributed by atoms with Gasteiger partial charge in [0.2, 0.25) is 11.6 Å². The predicted octanol–water partition coefficient (Wildman–Crippen LogP) is 2.47. The molecule has 4 nitrogen and oxygen atoms in total. The first-order valence-corrected chi connectivity index (χ1v) is 3.50. The summed E-state index contributed by atoms with van der Waals surface area (Å²) in [5.74, 6) is -4.29. The number of nitro benzene ring substituents is 1. The van der Waals surface area contributed by atoms with E-state index in [4.69, 9.17) is 0 Å². The Morgan fingerprint density at radius 1 is 1.33 bits per heavy atom. The summed E-state index contributed by atoms with van der Waals surface area (Å²) in [5.41, 5.74) is -1.52. The van der Waals surface area contributed by atoms with Crippen LogP contribution in [0.1, 0.15) is 0 Å². The number of ether oxygens (including phenoxy) is 1. The summed E-state index contributed by atoms with van der Waals surface area (Å²) in [6.45, 7) is -3.34. The molecule has 0 aliphatic heterocycles. The van der Waals surface area contributed by atoms with Crippen LogP contribution in [0.25, 0.3) is 0 Å². The second kappa shape index (κ2) is 4.11. The summed E-state index contributed by atoms with van der Waals surface area (Å²) >= 11 is 0. The molecule has 0 unspecified atom stereocenters. The predicted molar refractivity (Wildman–Crippen MR) is 39.6 cm³/mol. The summed E-state index contributed by atoms with van der Waals surface area (Å²) in [6, 6.07) is 1.02. The Morgan fingerprint density at radius 3 is 2.40 bits per heavy atom. The third-order valence-electron chi connectivity index (χ3n) is 1.43. The van der Waals surface area contributed by atoms with Crippen LogP contribution >= 0.6 is 0 Å². The van der Waals surface area contributed by atoms with Crippen LogP contribution in [0, 0.1) is 21.7 Å². The number of rotatable bonds is 3. The van der Waals surface area contributed by atoms with Gasteiger partial charge in [0.25, 0.3) is 0 Å². The van der Waals surface area contributed by atoms with Crippen molar-refractivity contribution in [2.45, 2.75) is 6.61 Å². The maximum atomic E-state index is 13.0. The molecule has 1 aromatic rings. The van der Waals surface area contributed by atoms with Crippen LogP contribution in [0.2, 0.25) is 0 Å². The van der Waals surface area contributed by atoms with E-state index in [-0.39, 0.29) is 0 Å². The molecule has 0 fully saturated rings. The number of alkyl halides is 2. The SMILES string of the molecule is O=[N+]([O-])c1c(F)ccc(OC(F)F)c1F. The van der Waals surface area contributed by atoms with Crippen molar-refractivity contribution in [3.05, 3.63) is 33.9 Å². The highest BCUT2D eigenvalue weighted by Gasteiger charge is 2.26. The minimum Gasteiger partial charge on any atom is -0.431 e. The standard InChI is InChI=1S/C7H3F4NO3/c8-3-1-2-4(15-7(10)11)5(9)6(3)12(13)14/h1-2,7H. The number of nitrogens with zero attached hydrogens (tertiary/aromatic N) is 1. The molecular formula is C7H3F4NO3. The molecule has 0 aliphatic rings. The summed E-state index contributed by atoms with van der Waals surface area (Å²) in [5, 5.41) is 10.2. The number of benzene rings is 1. The zero-order valence-corrected chi connectivity index (χ0v) is 6.92. The summed E-state index contributed by atoms with van der Waals surface area (Å²) in [6.07, 6.45) is 0. The van der Waals surface area contributed by atoms with Gasteiger partial charge in [-0.15, -0.1) is 0 Å². The van der Waals surface area contributed by atoms with Gasteiger partial charge in [-0.25, -0.2) is 0 Å². The van der Waals surface area contributed by atoms with Crippen molar-refractivity contribution in [1.82, 2.24) is 0 Å². The molecule has 0 saturated heterocycles. The largest absolute Gasteiger partial charge is 0.431 e. The molecule has 0 saturated carbocycles. The monoisotopic (exact) mass is 225 g/mol. The van der Waals surface area contributed by atoms with E-state index in [1.54, 1.807) is 0 Å². The van der Waals surface area contributed by atoms with E-state index in [1.165, 1.54) is 0 Å². The van der Waals surface area contributed by atoms with Crippen LogP contribution in [0.3, 0.4) is 0 Å². The van der Waals surface area contributed by atoms with Gasteiger partial charge in [0, 0.05) is 0 Å². The first kappa shape index (κ1) is 11.2. The second-order valence-corrected chi connectivity index (χ2v) is 2.34. The molecule has 0 atom stereocenters. The van der Waals surface area contributed by atoms with Crippen LogP contribution in [0.15, 0.2) is 12.1 Å². The zero-order valence-electron chi connectivity index (χ0n) is 6.92. The molecule has 0 aromatic heterocycles. The molecule has 0 bridgehead atoms. The molecule has 1 aromatic carbocycles. The van der Waals surface area contributed by atoms with E-state index < -0.39 is 34.6 Å². The van der Waals surface area contributed by atoms with E-state index >= 15 is 0 Å². The lowest BCUT2D eigenvalue weighted by atomic mass is 10.3. The van der Waals surface area contributed by atoms with E-state index in [2.05, 4.69) is 4.74 Å². The highest BCUT2D eigenvalue weighted by molar-refractivity contribution is 5.42. The minimum atomic E-state index is -3.34. The van der Waals surface area contributed by atoms with Gasteiger partial charge >= 0.3 is 12.3 Å². The van der Waals surface area contributed by atoms with Gasteiger partial charge in [-0.05, 0) is 12.1 Å². The third-order valence-corrected chi connectivity index (χ3v) is 1.43. The van der Waals surface area contributed by atoms with Crippen LogP contribution in [-0.4, -0.2) is 11.5 Å². The van der Waals surface area contributed by atoms with Crippen molar-refractivity contribution in [3.8, 4) is 5.75 Å². The molecular weight excluding hydrogens is 222 g/mol. The Kier molecular flexibility index (Phi) is 3.08. The van der Waals surface area contributed by atoms with Gasteiger partial charge in [0.1, 0.15) is 0 Å². The molecule has 8 heteroatoms. The Hall–Kier alpha value is -1.86. The number of hydrogen-bond donors (Lipinski definition) is 0. The Bertz CT molecular complexity index is 396. The minimum absolute atomic E-state index is 0.471. The lowest BCUT2D eigenvalue weighted by Gasteiger charge is -2.05. The van der Waals surface area contributed by atoms with Crippen molar-refractivity contribution in [3.63, 3.8) is 0 Å². The molecule has 0 radical (unpaired) electrons. The van der Waals surface area contributed by atoms with Gasteiger partial charge in [-0.1, -0.05) is 0 Å². The maximum Gasteiger partial charge on any atom is 0.387 e. The second-order valence-electron chi connectivity index (χ2n) is 2.34. The molecule has 0 N–H and O–H groups in total. The van der Waals surface area contributed by atoms with E-state index in [1.807, 2.05) is 0 Å². The smallest absolute Gasteiger partial charge is 0.387 e. The summed E-state index contributed by atoms with van der Waals surface area (Å²) in [4.78, 5) is 8.80. The molecule has 15 heavy (non-hydrogen) atoms. The third kappa shape index (κ3) is 2.33. The van der Waals surface area contributed by atoms with Crippen molar-refractivity contribution >= 4 is 5.69 Å². The van der Waals surface area contributed by atoms with Gasteiger partial charge in [0.05, 0.1) is 4.92 Å². The fourth-order valence-corrected chi connectivity index (χ4v) is 0.877. The van der Waals surface area contributed by atoms with Crippen LogP contribution in [-0.2, 0) is 0 Å². The maximum absolute atomic E-state index is 13.0. The van der Waals surface area contributed by atoms with E-state index in [9.17, 15) is 27.7 Å². The Labute approximate surface area is 80.2 Å². The lowest BCUT2D eigenvalue weighted by Crippen LogP contribution is -2.06. The number of hydrogen-bond acceptors (Lipinski definition) is 3. The van der Waals surface area contributed by atoms with Gasteiger partial charge < -0.3 is 4.74 Å². The average Bonchev–Trinajstić information content (AvgIpc) is 2.09. The van der Waals surface area contributed by atoms with E-state index in [0.29, 0.717) is 12.1 Å². The number of halogens is 4. The average molecular weight is 225 g/mol. The normalized spacial score (nSPS) is 10.5. The zero-order chi connectivity index (χ0) is 11.6.